The number of benzene rings is 1. The normalized spacial score (nSPS) is 13.1. The molecule has 1 aromatic rings. The predicted octanol–water partition coefficient (Wildman–Crippen LogP) is 2.66. The minimum absolute atomic E-state index is 0.433. The van der Waals surface area contributed by atoms with E-state index < -0.39 is 0 Å². The number of halogens is 1. The second kappa shape index (κ2) is 6.26. The van der Waals surface area contributed by atoms with Crippen molar-refractivity contribution in [2.75, 3.05) is 27.2 Å². The van der Waals surface area contributed by atoms with Gasteiger partial charge in [-0.05, 0) is 38.3 Å². The Morgan fingerprint density at radius 3 is 2.67 bits per heavy atom. The zero-order chi connectivity index (χ0) is 11.3. The van der Waals surface area contributed by atoms with Gasteiger partial charge in [-0.15, -0.1) is 0 Å². The van der Waals surface area contributed by atoms with Crippen LogP contribution in [-0.4, -0.2) is 32.1 Å². The van der Waals surface area contributed by atoms with E-state index in [0.717, 1.165) is 17.6 Å². The molecule has 0 radical (unpaired) electrons. The van der Waals surface area contributed by atoms with Crippen LogP contribution in [0, 0.1) is 0 Å². The maximum Gasteiger partial charge on any atom is 0.0467 e. The van der Waals surface area contributed by atoms with E-state index in [0.29, 0.717) is 6.04 Å². The van der Waals surface area contributed by atoms with Gasteiger partial charge in [0.05, 0.1) is 0 Å². The Balaban J connectivity index is 2.79. The molecule has 84 valence electrons. The largest absolute Gasteiger partial charge is 0.315 e. The van der Waals surface area contributed by atoms with Crippen LogP contribution < -0.4 is 5.32 Å². The fourth-order valence-corrected chi connectivity index (χ4v) is 2.01. The van der Waals surface area contributed by atoms with Crippen LogP contribution in [0.25, 0.3) is 0 Å². The molecule has 2 nitrogen and oxygen atoms in total. The van der Waals surface area contributed by atoms with Gasteiger partial charge in [0.2, 0.25) is 0 Å². The van der Waals surface area contributed by atoms with E-state index in [2.05, 4.69) is 71.4 Å². The smallest absolute Gasteiger partial charge is 0.0467 e. The minimum atomic E-state index is 0.433. The van der Waals surface area contributed by atoms with Crippen molar-refractivity contribution >= 4 is 15.9 Å². The molecule has 0 saturated heterocycles. The van der Waals surface area contributed by atoms with E-state index in [4.69, 9.17) is 0 Å². The van der Waals surface area contributed by atoms with Gasteiger partial charge >= 0.3 is 0 Å². The monoisotopic (exact) mass is 270 g/mol. The van der Waals surface area contributed by atoms with Crippen molar-refractivity contribution in [1.82, 2.24) is 10.2 Å². The Morgan fingerprint density at radius 2 is 2.13 bits per heavy atom. The highest BCUT2D eigenvalue weighted by Crippen LogP contribution is 2.21. The molecule has 1 unspecified atom stereocenters. The number of likely N-dealkylation sites (N-methyl/N-ethyl adjacent to an activating group) is 2. The van der Waals surface area contributed by atoms with E-state index in [9.17, 15) is 0 Å². The van der Waals surface area contributed by atoms with Gasteiger partial charge in [0.15, 0.2) is 0 Å². The van der Waals surface area contributed by atoms with E-state index in [1.807, 2.05) is 0 Å². The molecule has 3 heteroatoms. The average molecular weight is 271 g/mol. The number of rotatable bonds is 5. The number of hydrogen-bond donors (Lipinski definition) is 1. The highest BCUT2D eigenvalue weighted by Gasteiger charge is 2.12. The first-order valence-corrected chi connectivity index (χ1v) is 6.07. The van der Waals surface area contributed by atoms with Crippen LogP contribution in [0.3, 0.4) is 0 Å². The van der Waals surface area contributed by atoms with Crippen LogP contribution in [0.1, 0.15) is 18.5 Å². The molecule has 1 aromatic carbocycles. The molecular weight excluding hydrogens is 252 g/mol. The second-order valence-electron chi connectivity index (χ2n) is 3.84. The summed E-state index contributed by atoms with van der Waals surface area (Å²) >= 11 is 3.51. The van der Waals surface area contributed by atoms with Crippen LogP contribution in [0.5, 0.6) is 0 Å². The van der Waals surface area contributed by atoms with Crippen LogP contribution in [0.15, 0.2) is 28.7 Å². The Morgan fingerprint density at radius 1 is 1.40 bits per heavy atom. The minimum Gasteiger partial charge on any atom is -0.315 e. The standard InChI is InChI=1S/C12H19BrN2/c1-4-14-9-12(15(2)3)10-6-5-7-11(13)8-10/h5-8,12,14H,4,9H2,1-3H3. The molecular formula is C12H19BrN2. The zero-order valence-corrected chi connectivity index (χ0v) is 11.2. The third-order valence-electron chi connectivity index (χ3n) is 2.44. The summed E-state index contributed by atoms with van der Waals surface area (Å²) < 4.78 is 1.14. The first-order chi connectivity index (χ1) is 7.15. The summed E-state index contributed by atoms with van der Waals surface area (Å²) in [7, 11) is 4.23. The Kier molecular flexibility index (Phi) is 5.29. The molecule has 0 amide bonds. The fraction of sp³-hybridized carbons (Fsp3) is 0.500. The van der Waals surface area contributed by atoms with Crippen molar-refractivity contribution in [1.29, 1.82) is 0 Å². The van der Waals surface area contributed by atoms with Gasteiger partial charge in [0, 0.05) is 17.1 Å². The lowest BCUT2D eigenvalue weighted by atomic mass is 10.1. The third-order valence-corrected chi connectivity index (χ3v) is 2.94. The molecule has 0 saturated carbocycles. The van der Waals surface area contributed by atoms with Gasteiger partial charge in [0.1, 0.15) is 0 Å². The second-order valence-corrected chi connectivity index (χ2v) is 4.76. The Bertz CT molecular complexity index is 299. The van der Waals surface area contributed by atoms with Crippen LogP contribution in [0.4, 0.5) is 0 Å². The lowest BCUT2D eigenvalue weighted by Gasteiger charge is -2.25. The van der Waals surface area contributed by atoms with Crippen molar-refractivity contribution in [3.8, 4) is 0 Å². The number of nitrogens with one attached hydrogen (secondary N) is 1. The van der Waals surface area contributed by atoms with E-state index in [1.165, 1.54) is 5.56 Å². The molecule has 0 heterocycles. The van der Waals surface area contributed by atoms with Crippen LogP contribution >= 0.6 is 15.9 Å². The summed E-state index contributed by atoms with van der Waals surface area (Å²) in [4.78, 5) is 2.24. The van der Waals surface area contributed by atoms with E-state index in [1.54, 1.807) is 0 Å². The summed E-state index contributed by atoms with van der Waals surface area (Å²) in [6.45, 7) is 4.13. The topological polar surface area (TPSA) is 15.3 Å². The van der Waals surface area contributed by atoms with Crippen molar-refractivity contribution in [2.45, 2.75) is 13.0 Å². The van der Waals surface area contributed by atoms with Gasteiger partial charge in [-0.25, -0.2) is 0 Å². The summed E-state index contributed by atoms with van der Waals surface area (Å²) in [6.07, 6.45) is 0. The first kappa shape index (κ1) is 12.7. The molecule has 0 aliphatic heterocycles. The van der Waals surface area contributed by atoms with E-state index >= 15 is 0 Å². The summed E-state index contributed by atoms with van der Waals surface area (Å²) in [5, 5.41) is 3.39. The van der Waals surface area contributed by atoms with Crippen molar-refractivity contribution in [3.05, 3.63) is 34.3 Å². The SMILES string of the molecule is CCNCC(c1cccc(Br)c1)N(C)C. The Labute approximate surface area is 101 Å². The lowest BCUT2D eigenvalue weighted by molar-refractivity contribution is 0.290. The quantitative estimate of drug-likeness (QED) is 0.885. The average Bonchev–Trinajstić information content (AvgIpc) is 2.18. The number of hydrogen-bond acceptors (Lipinski definition) is 2. The van der Waals surface area contributed by atoms with Gasteiger partial charge in [-0.1, -0.05) is 35.0 Å². The molecule has 0 aromatic heterocycles. The van der Waals surface area contributed by atoms with Crippen molar-refractivity contribution in [3.63, 3.8) is 0 Å². The molecule has 15 heavy (non-hydrogen) atoms. The maximum atomic E-state index is 3.51. The molecule has 1 atom stereocenters. The summed E-state index contributed by atoms with van der Waals surface area (Å²) in [5.41, 5.74) is 1.34. The van der Waals surface area contributed by atoms with Crippen molar-refractivity contribution in [2.24, 2.45) is 0 Å². The number of nitrogens with zero attached hydrogens (tertiary/aromatic N) is 1. The molecule has 0 fully saturated rings. The zero-order valence-electron chi connectivity index (χ0n) is 9.63. The molecule has 1 N–H and O–H groups in total. The lowest BCUT2D eigenvalue weighted by Crippen LogP contribution is -2.30. The molecule has 0 aliphatic rings. The molecule has 0 spiro atoms. The van der Waals surface area contributed by atoms with Crippen LogP contribution in [-0.2, 0) is 0 Å². The molecule has 0 aliphatic carbocycles. The van der Waals surface area contributed by atoms with Gasteiger partial charge in [0.25, 0.3) is 0 Å². The fourth-order valence-electron chi connectivity index (χ4n) is 1.59. The van der Waals surface area contributed by atoms with Gasteiger partial charge in [-0.2, -0.15) is 0 Å². The Hall–Kier alpha value is -0.380. The van der Waals surface area contributed by atoms with Crippen molar-refractivity contribution < 1.29 is 0 Å². The molecule has 1 rings (SSSR count). The van der Waals surface area contributed by atoms with Crippen LogP contribution in [0.2, 0.25) is 0 Å². The van der Waals surface area contributed by atoms with Gasteiger partial charge < -0.3 is 10.2 Å². The van der Waals surface area contributed by atoms with E-state index in [-0.39, 0.29) is 0 Å². The highest BCUT2D eigenvalue weighted by molar-refractivity contribution is 9.10. The predicted molar refractivity (Wildman–Crippen MR) is 69.1 cm³/mol. The molecule has 0 bridgehead atoms. The first-order valence-electron chi connectivity index (χ1n) is 5.27. The maximum absolute atomic E-state index is 3.51. The highest BCUT2D eigenvalue weighted by atomic mass is 79.9. The third kappa shape index (κ3) is 3.93. The summed E-state index contributed by atoms with van der Waals surface area (Å²) in [5.74, 6) is 0. The summed E-state index contributed by atoms with van der Waals surface area (Å²) in [6, 6.07) is 8.93. The van der Waals surface area contributed by atoms with Gasteiger partial charge in [-0.3, -0.25) is 0 Å².